The smallest absolute Gasteiger partial charge is 0.268 e. The fourth-order valence-electron chi connectivity index (χ4n) is 1.86. The molecule has 2 rings (SSSR count). The first kappa shape index (κ1) is 12.6. The average Bonchev–Trinajstić information content (AvgIpc) is 2.30. The van der Waals surface area contributed by atoms with E-state index < -0.39 is 5.60 Å². The SMILES string of the molecule is CCCC(=O)c1ccc2c(c1)NC(=O)C(C)(C)O2. The molecule has 0 radical (unpaired) electrons. The van der Waals surface area contributed by atoms with Crippen molar-refractivity contribution in [2.75, 3.05) is 5.32 Å². The number of fused-ring (bicyclic) bond motifs is 1. The van der Waals surface area contributed by atoms with Crippen LogP contribution in [0.15, 0.2) is 18.2 Å². The number of rotatable bonds is 3. The maximum atomic E-state index is 11.8. The van der Waals surface area contributed by atoms with Gasteiger partial charge in [0, 0.05) is 12.0 Å². The van der Waals surface area contributed by atoms with Crippen molar-refractivity contribution in [1.82, 2.24) is 0 Å². The van der Waals surface area contributed by atoms with Gasteiger partial charge in [0.25, 0.3) is 5.91 Å². The number of ketones is 1. The zero-order valence-corrected chi connectivity index (χ0v) is 10.9. The predicted octanol–water partition coefficient (Wildman–Crippen LogP) is 2.78. The summed E-state index contributed by atoms with van der Waals surface area (Å²) in [7, 11) is 0. The summed E-state index contributed by atoms with van der Waals surface area (Å²) in [6.45, 7) is 5.38. The van der Waals surface area contributed by atoms with Crippen LogP contribution in [0.25, 0.3) is 0 Å². The quantitative estimate of drug-likeness (QED) is 0.835. The molecule has 1 aromatic rings. The Morgan fingerprint density at radius 2 is 2.11 bits per heavy atom. The van der Waals surface area contributed by atoms with Crippen molar-refractivity contribution in [2.24, 2.45) is 0 Å². The normalized spacial score (nSPS) is 16.5. The highest BCUT2D eigenvalue weighted by Crippen LogP contribution is 2.34. The summed E-state index contributed by atoms with van der Waals surface area (Å²) in [4.78, 5) is 23.6. The summed E-state index contributed by atoms with van der Waals surface area (Å²) in [5.41, 5.74) is 0.308. The topological polar surface area (TPSA) is 55.4 Å². The highest BCUT2D eigenvalue weighted by molar-refractivity contribution is 6.03. The van der Waals surface area contributed by atoms with Crippen LogP contribution in [0.3, 0.4) is 0 Å². The van der Waals surface area contributed by atoms with Gasteiger partial charge in [0.05, 0.1) is 5.69 Å². The van der Waals surface area contributed by atoms with Gasteiger partial charge in [-0.3, -0.25) is 9.59 Å². The zero-order valence-electron chi connectivity index (χ0n) is 10.9. The number of ether oxygens (including phenoxy) is 1. The highest BCUT2D eigenvalue weighted by atomic mass is 16.5. The van der Waals surface area contributed by atoms with E-state index in [1.807, 2.05) is 6.92 Å². The maximum Gasteiger partial charge on any atom is 0.268 e. The molecule has 1 aromatic carbocycles. The number of anilines is 1. The third-order valence-corrected chi connectivity index (χ3v) is 2.94. The fourth-order valence-corrected chi connectivity index (χ4v) is 1.86. The number of hydrogen-bond acceptors (Lipinski definition) is 3. The lowest BCUT2D eigenvalue weighted by molar-refractivity contribution is -0.129. The molecule has 0 atom stereocenters. The fraction of sp³-hybridized carbons (Fsp3) is 0.429. The molecule has 1 aliphatic rings. The van der Waals surface area contributed by atoms with E-state index in [0.717, 1.165) is 6.42 Å². The Kier molecular flexibility index (Phi) is 3.11. The van der Waals surface area contributed by atoms with Crippen LogP contribution in [0.5, 0.6) is 5.75 Å². The first-order valence-electron chi connectivity index (χ1n) is 6.12. The Balaban J connectivity index is 2.32. The van der Waals surface area contributed by atoms with E-state index in [1.165, 1.54) is 0 Å². The molecule has 0 bridgehead atoms. The summed E-state index contributed by atoms with van der Waals surface area (Å²) in [5.74, 6) is 0.488. The number of nitrogens with one attached hydrogen (secondary N) is 1. The molecule has 1 N–H and O–H groups in total. The van der Waals surface area contributed by atoms with Crippen molar-refractivity contribution in [3.8, 4) is 5.75 Å². The third-order valence-electron chi connectivity index (χ3n) is 2.94. The maximum absolute atomic E-state index is 11.8. The van der Waals surface area contributed by atoms with Crippen molar-refractivity contribution in [2.45, 2.75) is 39.2 Å². The van der Waals surface area contributed by atoms with Crippen molar-refractivity contribution in [3.05, 3.63) is 23.8 Å². The van der Waals surface area contributed by atoms with E-state index in [9.17, 15) is 9.59 Å². The van der Waals surface area contributed by atoms with E-state index in [-0.39, 0.29) is 11.7 Å². The van der Waals surface area contributed by atoms with Crippen LogP contribution >= 0.6 is 0 Å². The van der Waals surface area contributed by atoms with Crippen LogP contribution in [0.4, 0.5) is 5.69 Å². The summed E-state index contributed by atoms with van der Waals surface area (Å²) in [5, 5.41) is 2.77. The number of hydrogen-bond donors (Lipinski definition) is 1. The van der Waals surface area contributed by atoms with Crippen LogP contribution in [0.1, 0.15) is 44.0 Å². The van der Waals surface area contributed by atoms with E-state index in [4.69, 9.17) is 4.74 Å². The van der Waals surface area contributed by atoms with Gasteiger partial charge in [0.2, 0.25) is 0 Å². The molecule has 4 heteroatoms. The minimum absolute atomic E-state index is 0.0828. The van der Waals surface area contributed by atoms with Crippen LogP contribution < -0.4 is 10.1 Å². The molecular weight excluding hydrogens is 230 g/mol. The second-order valence-electron chi connectivity index (χ2n) is 4.95. The zero-order chi connectivity index (χ0) is 13.3. The van der Waals surface area contributed by atoms with Crippen LogP contribution in [-0.4, -0.2) is 17.3 Å². The second-order valence-corrected chi connectivity index (χ2v) is 4.95. The van der Waals surface area contributed by atoms with Gasteiger partial charge in [0.1, 0.15) is 5.75 Å². The lowest BCUT2D eigenvalue weighted by Gasteiger charge is -2.31. The van der Waals surface area contributed by atoms with Crippen LogP contribution in [0, 0.1) is 0 Å². The molecule has 1 heterocycles. The monoisotopic (exact) mass is 247 g/mol. The molecule has 1 aliphatic heterocycles. The lowest BCUT2D eigenvalue weighted by atomic mass is 10.0. The van der Waals surface area contributed by atoms with E-state index >= 15 is 0 Å². The van der Waals surface area contributed by atoms with Crippen molar-refractivity contribution in [1.29, 1.82) is 0 Å². The minimum Gasteiger partial charge on any atom is -0.476 e. The molecule has 96 valence electrons. The van der Waals surface area contributed by atoms with Crippen molar-refractivity contribution < 1.29 is 14.3 Å². The molecular formula is C14H17NO3. The van der Waals surface area contributed by atoms with E-state index in [1.54, 1.807) is 32.0 Å². The van der Waals surface area contributed by atoms with Gasteiger partial charge in [-0.05, 0) is 38.5 Å². The minimum atomic E-state index is -0.873. The molecule has 0 saturated carbocycles. The Labute approximate surface area is 106 Å². The Morgan fingerprint density at radius 1 is 1.39 bits per heavy atom. The molecule has 4 nitrogen and oxygen atoms in total. The van der Waals surface area contributed by atoms with E-state index in [2.05, 4.69) is 5.32 Å². The van der Waals surface area contributed by atoms with Crippen molar-refractivity contribution >= 4 is 17.4 Å². The molecule has 0 aromatic heterocycles. The Hall–Kier alpha value is -1.84. The average molecular weight is 247 g/mol. The van der Waals surface area contributed by atoms with E-state index in [0.29, 0.717) is 23.4 Å². The number of benzene rings is 1. The first-order valence-corrected chi connectivity index (χ1v) is 6.12. The molecule has 18 heavy (non-hydrogen) atoms. The van der Waals surface area contributed by atoms with Gasteiger partial charge >= 0.3 is 0 Å². The molecule has 0 saturated heterocycles. The van der Waals surface area contributed by atoms with Gasteiger partial charge < -0.3 is 10.1 Å². The molecule has 0 aliphatic carbocycles. The van der Waals surface area contributed by atoms with Gasteiger partial charge in [-0.1, -0.05) is 6.92 Å². The molecule has 1 amide bonds. The Morgan fingerprint density at radius 3 is 2.78 bits per heavy atom. The molecule has 0 unspecified atom stereocenters. The van der Waals surface area contributed by atoms with Crippen LogP contribution in [0.2, 0.25) is 0 Å². The summed E-state index contributed by atoms with van der Waals surface area (Å²) < 4.78 is 5.60. The summed E-state index contributed by atoms with van der Waals surface area (Å²) in [6, 6.07) is 5.16. The standard InChI is InChI=1S/C14H17NO3/c1-4-5-11(16)9-6-7-12-10(8-9)15-13(17)14(2,3)18-12/h6-8H,4-5H2,1-3H3,(H,15,17). The van der Waals surface area contributed by atoms with Gasteiger partial charge in [-0.2, -0.15) is 0 Å². The lowest BCUT2D eigenvalue weighted by Crippen LogP contribution is -2.45. The summed E-state index contributed by atoms with van der Waals surface area (Å²) in [6.07, 6.45) is 1.32. The Bertz CT molecular complexity index is 506. The number of Topliss-reactive ketones (excluding diaryl/α,β-unsaturated/α-hetero) is 1. The van der Waals surface area contributed by atoms with Gasteiger partial charge in [-0.15, -0.1) is 0 Å². The third kappa shape index (κ3) is 2.23. The predicted molar refractivity (Wildman–Crippen MR) is 69.0 cm³/mol. The second kappa shape index (κ2) is 4.44. The number of carbonyl (C=O) groups is 2. The van der Waals surface area contributed by atoms with Crippen molar-refractivity contribution in [3.63, 3.8) is 0 Å². The van der Waals surface area contributed by atoms with Crippen LogP contribution in [-0.2, 0) is 4.79 Å². The highest BCUT2D eigenvalue weighted by Gasteiger charge is 2.35. The molecule has 0 spiro atoms. The molecule has 0 fully saturated rings. The number of carbonyl (C=O) groups excluding carboxylic acids is 2. The summed E-state index contributed by atoms with van der Waals surface area (Å²) >= 11 is 0. The van der Waals surface area contributed by atoms with Gasteiger partial charge in [-0.25, -0.2) is 0 Å². The van der Waals surface area contributed by atoms with Gasteiger partial charge in [0.15, 0.2) is 11.4 Å². The largest absolute Gasteiger partial charge is 0.476 e. The number of amides is 1. The first-order chi connectivity index (χ1) is 8.44.